The second-order valence-electron chi connectivity index (χ2n) is 4.42. The van der Waals surface area contributed by atoms with E-state index in [2.05, 4.69) is 5.10 Å². The van der Waals surface area contributed by atoms with Gasteiger partial charge in [-0.15, -0.1) is 0 Å². The van der Waals surface area contributed by atoms with Gasteiger partial charge < -0.3 is 10.8 Å². The minimum atomic E-state index is -0.876. The molecule has 0 aliphatic rings. The highest BCUT2D eigenvalue weighted by molar-refractivity contribution is 5.75. The monoisotopic (exact) mass is 239 g/mol. The van der Waals surface area contributed by atoms with Crippen LogP contribution in [0.3, 0.4) is 0 Å². The van der Waals surface area contributed by atoms with E-state index in [0.717, 1.165) is 17.8 Å². The van der Waals surface area contributed by atoms with Gasteiger partial charge in [0.15, 0.2) is 0 Å². The third-order valence-electron chi connectivity index (χ3n) is 3.43. The molecule has 1 heterocycles. The predicted octanol–water partition coefficient (Wildman–Crippen LogP) is 0.965. The molecule has 0 saturated heterocycles. The van der Waals surface area contributed by atoms with E-state index in [4.69, 9.17) is 5.73 Å². The molecule has 1 aromatic rings. The minimum absolute atomic E-state index is 0.144. The molecule has 1 unspecified atom stereocenters. The summed E-state index contributed by atoms with van der Waals surface area (Å²) < 4.78 is 1.75. The smallest absolute Gasteiger partial charge is 0.311 e. The summed E-state index contributed by atoms with van der Waals surface area (Å²) in [6.45, 7) is 4.03. The Balaban J connectivity index is 3.01. The fourth-order valence-electron chi connectivity index (χ4n) is 1.91. The van der Waals surface area contributed by atoms with Crippen LogP contribution < -0.4 is 5.73 Å². The van der Waals surface area contributed by atoms with Gasteiger partial charge in [0.1, 0.15) is 0 Å². The fourth-order valence-corrected chi connectivity index (χ4v) is 1.91. The van der Waals surface area contributed by atoms with Crippen molar-refractivity contribution < 1.29 is 9.90 Å². The van der Waals surface area contributed by atoms with Crippen molar-refractivity contribution in [2.75, 3.05) is 6.54 Å². The van der Waals surface area contributed by atoms with E-state index in [0.29, 0.717) is 12.8 Å². The Bertz CT molecular complexity index is 394. The van der Waals surface area contributed by atoms with E-state index < -0.39 is 11.4 Å². The summed E-state index contributed by atoms with van der Waals surface area (Å²) >= 11 is 0. The van der Waals surface area contributed by atoms with Crippen molar-refractivity contribution in [2.24, 2.45) is 18.2 Å². The first-order chi connectivity index (χ1) is 7.99. The summed E-state index contributed by atoms with van der Waals surface area (Å²) in [4.78, 5) is 11.4. The van der Waals surface area contributed by atoms with Crippen LogP contribution in [0.1, 0.15) is 31.7 Å². The lowest BCUT2D eigenvalue weighted by Gasteiger charge is -2.26. The molecule has 0 spiro atoms. The number of carbonyl (C=O) groups is 1. The topological polar surface area (TPSA) is 81.1 Å². The molecule has 0 amide bonds. The molecule has 96 valence electrons. The van der Waals surface area contributed by atoms with Crippen molar-refractivity contribution in [1.82, 2.24) is 9.78 Å². The zero-order chi connectivity index (χ0) is 13.1. The van der Waals surface area contributed by atoms with Gasteiger partial charge in [-0.3, -0.25) is 9.48 Å². The molecule has 0 bridgehead atoms. The third-order valence-corrected chi connectivity index (χ3v) is 3.43. The lowest BCUT2D eigenvalue weighted by atomic mass is 9.80. The number of carboxylic acids is 1. The molecule has 0 aromatic carbocycles. The molecule has 0 aliphatic heterocycles. The minimum Gasteiger partial charge on any atom is -0.481 e. The molecule has 17 heavy (non-hydrogen) atoms. The molecular weight excluding hydrogens is 218 g/mol. The highest BCUT2D eigenvalue weighted by Crippen LogP contribution is 2.26. The lowest BCUT2D eigenvalue weighted by molar-refractivity contribution is -0.148. The van der Waals surface area contributed by atoms with E-state index in [1.807, 2.05) is 27.0 Å². The molecule has 0 fully saturated rings. The van der Waals surface area contributed by atoms with Gasteiger partial charge in [0.25, 0.3) is 0 Å². The number of aliphatic carboxylic acids is 1. The van der Waals surface area contributed by atoms with Gasteiger partial charge in [-0.05, 0) is 18.9 Å². The van der Waals surface area contributed by atoms with Crippen molar-refractivity contribution in [1.29, 1.82) is 0 Å². The average molecular weight is 239 g/mol. The number of rotatable bonds is 6. The lowest BCUT2D eigenvalue weighted by Crippen LogP contribution is -2.40. The summed E-state index contributed by atoms with van der Waals surface area (Å²) in [5.41, 5.74) is 6.68. The van der Waals surface area contributed by atoms with Crippen molar-refractivity contribution in [2.45, 2.75) is 33.1 Å². The van der Waals surface area contributed by atoms with Crippen LogP contribution in [-0.4, -0.2) is 27.4 Å². The maximum atomic E-state index is 11.4. The Morgan fingerprint density at radius 3 is 2.59 bits per heavy atom. The Morgan fingerprint density at radius 1 is 1.59 bits per heavy atom. The molecule has 0 radical (unpaired) electrons. The normalized spacial score (nSPS) is 14.6. The van der Waals surface area contributed by atoms with Crippen LogP contribution >= 0.6 is 0 Å². The maximum Gasteiger partial charge on any atom is 0.311 e. The van der Waals surface area contributed by atoms with Gasteiger partial charge in [0.05, 0.1) is 11.1 Å². The second kappa shape index (κ2) is 5.31. The second-order valence-corrected chi connectivity index (χ2v) is 4.42. The number of nitrogens with two attached hydrogens (primary N) is 1. The van der Waals surface area contributed by atoms with E-state index in [9.17, 15) is 9.90 Å². The van der Waals surface area contributed by atoms with E-state index in [-0.39, 0.29) is 6.54 Å². The van der Waals surface area contributed by atoms with Crippen LogP contribution in [0, 0.1) is 5.41 Å². The van der Waals surface area contributed by atoms with E-state index in [1.165, 1.54) is 0 Å². The van der Waals surface area contributed by atoms with Crippen LogP contribution in [0.4, 0.5) is 0 Å². The molecule has 5 nitrogen and oxygen atoms in total. The number of hydrogen-bond donors (Lipinski definition) is 2. The number of aromatic nitrogens is 2. The summed E-state index contributed by atoms with van der Waals surface area (Å²) in [7, 11) is 1.84. The maximum absolute atomic E-state index is 11.4. The molecule has 1 aromatic heterocycles. The number of hydrogen-bond acceptors (Lipinski definition) is 3. The quantitative estimate of drug-likeness (QED) is 0.775. The van der Waals surface area contributed by atoms with E-state index >= 15 is 0 Å². The van der Waals surface area contributed by atoms with Crippen LogP contribution in [0.25, 0.3) is 0 Å². The summed E-state index contributed by atoms with van der Waals surface area (Å²) in [5.74, 6) is -0.832. The predicted molar refractivity (Wildman–Crippen MR) is 65.7 cm³/mol. The van der Waals surface area contributed by atoms with Crippen molar-refractivity contribution in [3.05, 3.63) is 17.5 Å². The third kappa shape index (κ3) is 2.66. The molecule has 1 atom stereocenters. The standard InChI is InChI=1S/C12H21N3O2/c1-4-9-6-10(15(3)14-9)7-12(5-2,8-13)11(16)17/h6H,4-5,7-8,13H2,1-3H3,(H,16,17). The van der Waals surface area contributed by atoms with Crippen molar-refractivity contribution >= 4 is 5.97 Å². The molecule has 5 heteroatoms. The Morgan fingerprint density at radius 2 is 2.24 bits per heavy atom. The first-order valence-electron chi connectivity index (χ1n) is 5.94. The van der Waals surface area contributed by atoms with Crippen LogP contribution in [0.2, 0.25) is 0 Å². The largest absolute Gasteiger partial charge is 0.481 e. The molecule has 0 saturated carbocycles. The SMILES string of the molecule is CCc1cc(CC(CC)(CN)C(=O)O)n(C)n1. The van der Waals surface area contributed by atoms with Crippen LogP contribution in [-0.2, 0) is 24.7 Å². The Kier molecular flexibility index (Phi) is 4.28. The highest BCUT2D eigenvalue weighted by Gasteiger charge is 2.36. The van der Waals surface area contributed by atoms with Gasteiger partial charge in [-0.25, -0.2) is 0 Å². The molecular formula is C12H21N3O2. The first kappa shape index (κ1) is 13.7. The number of carboxylic acid groups (broad SMARTS) is 1. The number of aryl methyl sites for hydroxylation is 2. The molecule has 3 N–H and O–H groups in total. The zero-order valence-electron chi connectivity index (χ0n) is 10.7. The van der Waals surface area contributed by atoms with Gasteiger partial charge in [-0.2, -0.15) is 5.10 Å². The fraction of sp³-hybridized carbons (Fsp3) is 0.667. The Hall–Kier alpha value is -1.36. The molecule has 0 aliphatic carbocycles. The van der Waals surface area contributed by atoms with Crippen molar-refractivity contribution in [3.63, 3.8) is 0 Å². The summed E-state index contributed by atoms with van der Waals surface area (Å²) in [5, 5.41) is 13.7. The van der Waals surface area contributed by atoms with Crippen LogP contribution in [0.15, 0.2) is 6.07 Å². The van der Waals surface area contributed by atoms with Crippen LogP contribution in [0.5, 0.6) is 0 Å². The number of nitrogens with zero attached hydrogens (tertiary/aromatic N) is 2. The highest BCUT2D eigenvalue weighted by atomic mass is 16.4. The van der Waals surface area contributed by atoms with Gasteiger partial charge in [-0.1, -0.05) is 13.8 Å². The molecule has 1 rings (SSSR count). The van der Waals surface area contributed by atoms with E-state index in [1.54, 1.807) is 4.68 Å². The summed E-state index contributed by atoms with van der Waals surface area (Å²) in [6.07, 6.45) is 1.80. The summed E-state index contributed by atoms with van der Waals surface area (Å²) in [6, 6.07) is 1.96. The first-order valence-corrected chi connectivity index (χ1v) is 5.94. The van der Waals surface area contributed by atoms with Gasteiger partial charge >= 0.3 is 5.97 Å². The van der Waals surface area contributed by atoms with Gasteiger partial charge in [0.2, 0.25) is 0 Å². The van der Waals surface area contributed by atoms with Crippen molar-refractivity contribution in [3.8, 4) is 0 Å². The zero-order valence-corrected chi connectivity index (χ0v) is 10.7. The van der Waals surface area contributed by atoms with Gasteiger partial charge in [0, 0.05) is 25.7 Å². The average Bonchev–Trinajstić information content (AvgIpc) is 2.66. The Labute approximate surface area is 102 Å².